The van der Waals surface area contributed by atoms with Crippen molar-refractivity contribution in [1.82, 2.24) is 24.8 Å². The number of rotatable bonds is 11. The molecule has 0 spiro atoms. The van der Waals surface area contributed by atoms with Crippen LogP contribution in [0.15, 0.2) is 48.8 Å². The third kappa shape index (κ3) is 8.44. The fourth-order valence-corrected chi connectivity index (χ4v) is 4.10. The molecule has 1 atom stereocenters. The number of carbonyl (C=O) groups excluding carboxylic acids is 3. The smallest absolute Gasteiger partial charge is 0.310 e. The van der Waals surface area contributed by atoms with Gasteiger partial charge in [-0.2, -0.15) is 4.98 Å². The second kappa shape index (κ2) is 14.3. The van der Waals surface area contributed by atoms with E-state index in [1.807, 2.05) is 7.05 Å². The lowest BCUT2D eigenvalue weighted by molar-refractivity contribution is -0.139. The van der Waals surface area contributed by atoms with Crippen LogP contribution in [0.5, 0.6) is 17.6 Å². The van der Waals surface area contributed by atoms with Crippen molar-refractivity contribution in [3.63, 3.8) is 0 Å². The summed E-state index contributed by atoms with van der Waals surface area (Å²) in [5.74, 6) is -0.285. The average molecular weight is 579 g/mol. The highest BCUT2D eigenvalue weighted by Gasteiger charge is 2.21. The number of nitrogens with zero attached hydrogens (tertiary/aromatic N) is 5. The van der Waals surface area contributed by atoms with Gasteiger partial charge in [0.15, 0.2) is 0 Å². The highest BCUT2D eigenvalue weighted by molar-refractivity contribution is 6.04. The molecule has 4 heterocycles. The summed E-state index contributed by atoms with van der Waals surface area (Å²) in [6, 6.07) is 9.40. The van der Waals surface area contributed by atoms with Gasteiger partial charge in [0.2, 0.25) is 17.6 Å². The molecule has 1 fully saturated rings. The lowest BCUT2D eigenvalue weighted by Gasteiger charge is -2.32. The minimum Gasteiger partial charge on any atom is -0.472 e. The summed E-state index contributed by atoms with van der Waals surface area (Å²) < 4.78 is 21.5. The minimum atomic E-state index is -0.485. The molecule has 0 radical (unpaired) electrons. The minimum absolute atomic E-state index is 0.0642. The Bertz CT molecular complexity index is 1380. The number of anilines is 1. The average Bonchev–Trinajstić information content (AvgIpc) is 2.98. The summed E-state index contributed by atoms with van der Waals surface area (Å²) in [5.41, 5.74) is 1.29. The first-order valence-corrected chi connectivity index (χ1v) is 13.4. The van der Waals surface area contributed by atoms with Crippen LogP contribution in [0.4, 0.5) is 5.82 Å². The highest BCUT2D eigenvalue weighted by Crippen LogP contribution is 2.24. The second-order valence-electron chi connectivity index (χ2n) is 9.76. The summed E-state index contributed by atoms with van der Waals surface area (Å²) in [6.07, 6.45) is 2.66. The topological polar surface area (TPSA) is 145 Å². The molecule has 42 heavy (non-hydrogen) atoms. The Morgan fingerprint density at radius 1 is 0.929 bits per heavy atom. The van der Waals surface area contributed by atoms with Gasteiger partial charge in [0.25, 0.3) is 11.8 Å². The molecular formula is C29H34N6O7. The van der Waals surface area contributed by atoms with E-state index in [-0.39, 0.29) is 53.4 Å². The number of pyridine rings is 3. The standard InChI is InChI=1S/C29H34N6O7/c1-19(18-39-3)41-25-14-22(28(37)32-23-7-5-20(16-30-23)13-27(36)40-4)15-26(33-25)42-24-8-6-21(17-31-24)29(38)35-11-9-34(2)10-12-35/h5-8,14-17,19H,9-13,18H2,1-4H3,(H,30,32,37)/t19-/m1/s1. The molecule has 13 nitrogen and oxygen atoms in total. The van der Waals surface area contributed by atoms with Gasteiger partial charge in [-0.1, -0.05) is 6.07 Å². The third-order valence-electron chi connectivity index (χ3n) is 6.39. The summed E-state index contributed by atoms with van der Waals surface area (Å²) >= 11 is 0. The van der Waals surface area contributed by atoms with Crippen LogP contribution in [-0.4, -0.2) is 103 Å². The van der Waals surface area contributed by atoms with Gasteiger partial charge in [0.05, 0.1) is 31.3 Å². The third-order valence-corrected chi connectivity index (χ3v) is 6.39. The lowest BCUT2D eigenvalue weighted by Crippen LogP contribution is -2.47. The molecule has 0 aromatic carbocycles. The zero-order valence-corrected chi connectivity index (χ0v) is 24.0. The maximum absolute atomic E-state index is 13.1. The predicted octanol–water partition coefficient (Wildman–Crippen LogP) is 2.43. The number of ether oxygens (including phenoxy) is 4. The fourth-order valence-electron chi connectivity index (χ4n) is 4.10. The van der Waals surface area contributed by atoms with Crippen molar-refractivity contribution < 1.29 is 33.3 Å². The molecule has 222 valence electrons. The molecule has 3 aromatic rings. The van der Waals surface area contributed by atoms with Gasteiger partial charge in [-0.25, -0.2) is 9.97 Å². The Kier molecular flexibility index (Phi) is 10.3. The molecule has 4 rings (SSSR count). The molecule has 1 N–H and O–H groups in total. The summed E-state index contributed by atoms with van der Waals surface area (Å²) in [7, 11) is 4.89. The lowest BCUT2D eigenvalue weighted by atomic mass is 10.2. The van der Waals surface area contributed by atoms with E-state index in [9.17, 15) is 14.4 Å². The maximum Gasteiger partial charge on any atom is 0.310 e. The second-order valence-corrected chi connectivity index (χ2v) is 9.76. The van der Waals surface area contributed by atoms with Crippen molar-refractivity contribution in [2.24, 2.45) is 0 Å². The fraction of sp³-hybridized carbons (Fsp3) is 0.379. The Hall–Kier alpha value is -4.62. The molecule has 1 aliphatic heterocycles. The van der Waals surface area contributed by atoms with Gasteiger partial charge < -0.3 is 34.1 Å². The van der Waals surface area contributed by atoms with Crippen molar-refractivity contribution in [2.75, 3.05) is 59.4 Å². The van der Waals surface area contributed by atoms with E-state index in [2.05, 4.69) is 29.9 Å². The molecular weight excluding hydrogens is 544 g/mol. The summed E-state index contributed by atoms with van der Waals surface area (Å²) in [4.78, 5) is 54.3. The Balaban J connectivity index is 1.49. The van der Waals surface area contributed by atoms with Crippen LogP contribution in [0.25, 0.3) is 0 Å². The van der Waals surface area contributed by atoms with Gasteiger partial charge in [0.1, 0.15) is 11.9 Å². The van der Waals surface area contributed by atoms with E-state index in [4.69, 9.17) is 14.2 Å². The number of hydrogen-bond donors (Lipinski definition) is 1. The number of piperazine rings is 1. The zero-order chi connectivity index (χ0) is 30.1. The van der Waals surface area contributed by atoms with E-state index in [0.29, 0.717) is 30.8 Å². The first-order chi connectivity index (χ1) is 20.2. The largest absolute Gasteiger partial charge is 0.472 e. The molecule has 0 aliphatic carbocycles. The normalized spacial score (nSPS) is 14.1. The molecule has 0 saturated carbocycles. The first-order valence-electron chi connectivity index (χ1n) is 13.4. The van der Waals surface area contributed by atoms with E-state index < -0.39 is 5.91 Å². The molecule has 0 bridgehead atoms. The van der Waals surface area contributed by atoms with Gasteiger partial charge in [-0.3, -0.25) is 14.4 Å². The van der Waals surface area contributed by atoms with Gasteiger partial charge >= 0.3 is 5.97 Å². The monoisotopic (exact) mass is 578 g/mol. The Labute approximate surface area is 243 Å². The van der Waals surface area contributed by atoms with E-state index in [1.54, 1.807) is 43.2 Å². The first kappa shape index (κ1) is 30.3. The Morgan fingerprint density at radius 2 is 1.69 bits per heavy atom. The van der Waals surface area contributed by atoms with Crippen molar-refractivity contribution >= 4 is 23.6 Å². The quantitative estimate of drug-likeness (QED) is 0.335. The molecule has 1 aliphatic rings. The van der Waals surface area contributed by atoms with Gasteiger partial charge in [-0.05, 0) is 31.7 Å². The van der Waals surface area contributed by atoms with Crippen LogP contribution in [0, 0.1) is 0 Å². The highest BCUT2D eigenvalue weighted by atomic mass is 16.5. The van der Waals surface area contributed by atoms with Crippen LogP contribution in [0.1, 0.15) is 33.2 Å². The van der Waals surface area contributed by atoms with Crippen molar-refractivity contribution in [3.05, 3.63) is 65.5 Å². The number of likely N-dealkylation sites (N-methyl/N-ethyl adjacent to an activating group) is 1. The van der Waals surface area contributed by atoms with E-state index in [1.165, 1.54) is 31.6 Å². The van der Waals surface area contributed by atoms with E-state index >= 15 is 0 Å². The van der Waals surface area contributed by atoms with Crippen LogP contribution < -0.4 is 14.8 Å². The summed E-state index contributed by atoms with van der Waals surface area (Å²) in [6.45, 7) is 5.06. The number of methoxy groups -OCH3 is 2. The van der Waals surface area contributed by atoms with Crippen LogP contribution >= 0.6 is 0 Å². The predicted molar refractivity (Wildman–Crippen MR) is 152 cm³/mol. The molecule has 13 heteroatoms. The van der Waals surface area contributed by atoms with Crippen molar-refractivity contribution in [1.29, 1.82) is 0 Å². The number of aromatic nitrogens is 3. The molecule has 2 amide bonds. The molecule has 0 unspecified atom stereocenters. The Morgan fingerprint density at radius 3 is 2.33 bits per heavy atom. The summed E-state index contributed by atoms with van der Waals surface area (Å²) in [5, 5.41) is 2.71. The molecule has 3 aromatic heterocycles. The SMILES string of the molecule is COC[C@@H](C)Oc1cc(C(=O)Nc2ccc(CC(=O)OC)cn2)cc(Oc2ccc(C(=O)N3CCN(C)CC3)cn2)n1. The number of carbonyl (C=O) groups is 3. The maximum atomic E-state index is 13.1. The molecule has 1 saturated heterocycles. The van der Waals surface area contributed by atoms with Crippen molar-refractivity contribution in [2.45, 2.75) is 19.4 Å². The number of hydrogen-bond acceptors (Lipinski definition) is 11. The van der Waals surface area contributed by atoms with Crippen LogP contribution in [0.3, 0.4) is 0 Å². The number of nitrogens with one attached hydrogen (secondary N) is 1. The number of amides is 2. The van der Waals surface area contributed by atoms with Crippen LogP contribution in [-0.2, 0) is 20.7 Å². The van der Waals surface area contributed by atoms with Crippen molar-refractivity contribution in [3.8, 4) is 17.6 Å². The van der Waals surface area contributed by atoms with Gasteiger partial charge in [-0.15, -0.1) is 0 Å². The van der Waals surface area contributed by atoms with E-state index in [0.717, 1.165) is 13.1 Å². The van der Waals surface area contributed by atoms with Crippen LogP contribution in [0.2, 0.25) is 0 Å². The van der Waals surface area contributed by atoms with Gasteiger partial charge in [0, 0.05) is 63.9 Å². The zero-order valence-electron chi connectivity index (χ0n) is 24.0. The number of esters is 1.